The Morgan fingerprint density at radius 3 is 2.73 bits per heavy atom. The van der Waals surface area contributed by atoms with Crippen molar-refractivity contribution in [2.75, 3.05) is 33.3 Å². The van der Waals surface area contributed by atoms with Crippen molar-refractivity contribution in [3.8, 4) is 0 Å². The number of likely N-dealkylation sites (tertiary alicyclic amines) is 1. The van der Waals surface area contributed by atoms with Crippen LogP contribution in [0.3, 0.4) is 0 Å². The molecular formula is C11H20N2O2. The Morgan fingerprint density at radius 1 is 1.33 bits per heavy atom. The van der Waals surface area contributed by atoms with Crippen LogP contribution in [0.1, 0.15) is 19.3 Å². The average molecular weight is 212 g/mol. The van der Waals surface area contributed by atoms with Gasteiger partial charge in [0.2, 0.25) is 0 Å². The second-order valence-corrected chi connectivity index (χ2v) is 4.51. The Labute approximate surface area is 91.0 Å². The minimum absolute atomic E-state index is 0.0503. The van der Waals surface area contributed by atoms with Gasteiger partial charge < -0.3 is 10.1 Å². The number of carbonyl (C=O) groups excluding carboxylic acids is 1. The number of methoxy groups -OCH3 is 1. The largest absolute Gasteiger partial charge is 0.469 e. The van der Waals surface area contributed by atoms with Crippen molar-refractivity contribution in [2.45, 2.75) is 25.3 Å². The molecule has 0 bridgehead atoms. The predicted molar refractivity (Wildman–Crippen MR) is 57.6 cm³/mol. The Morgan fingerprint density at radius 2 is 2.07 bits per heavy atom. The number of nitrogens with one attached hydrogen (secondary N) is 1. The van der Waals surface area contributed by atoms with Crippen molar-refractivity contribution < 1.29 is 9.53 Å². The number of nitrogens with zero attached hydrogens (tertiary/aromatic N) is 1. The molecule has 0 radical (unpaired) electrons. The van der Waals surface area contributed by atoms with Crippen LogP contribution in [0.5, 0.6) is 0 Å². The van der Waals surface area contributed by atoms with Crippen LogP contribution in [0.4, 0.5) is 0 Å². The SMILES string of the molecule is COC(=O)[C@H]1CNC[C@@H](N2CCCC2)C1. The maximum Gasteiger partial charge on any atom is 0.310 e. The molecule has 2 fully saturated rings. The van der Waals surface area contributed by atoms with E-state index in [1.165, 1.54) is 33.0 Å². The normalized spacial score (nSPS) is 32.9. The first kappa shape index (κ1) is 10.9. The first-order valence-electron chi connectivity index (χ1n) is 5.84. The second kappa shape index (κ2) is 4.94. The van der Waals surface area contributed by atoms with E-state index < -0.39 is 0 Å². The molecule has 2 rings (SSSR count). The molecule has 0 unspecified atom stereocenters. The molecule has 15 heavy (non-hydrogen) atoms. The Kier molecular flexibility index (Phi) is 3.59. The fourth-order valence-corrected chi connectivity index (χ4v) is 2.65. The maximum absolute atomic E-state index is 11.4. The number of rotatable bonds is 2. The van der Waals surface area contributed by atoms with E-state index in [0.717, 1.165) is 19.5 Å². The van der Waals surface area contributed by atoms with Crippen molar-refractivity contribution in [3.05, 3.63) is 0 Å². The summed E-state index contributed by atoms with van der Waals surface area (Å²) in [5.41, 5.74) is 0. The standard InChI is InChI=1S/C11H20N2O2/c1-15-11(14)9-6-10(8-12-7-9)13-4-2-3-5-13/h9-10,12H,2-8H2,1H3/t9-,10+/m1/s1. The highest BCUT2D eigenvalue weighted by molar-refractivity contribution is 5.72. The fraction of sp³-hybridized carbons (Fsp3) is 0.909. The predicted octanol–water partition coefficient (Wildman–Crippen LogP) is 0.233. The smallest absolute Gasteiger partial charge is 0.310 e. The Bertz CT molecular complexity index is 227. The van der Waals surface area contributed by atoms with Gasteiger partial charge in [-0.1, -0.05) is 0 Å². The third-order valence-corrected chi connectivity index (χ3v) is 3.52. The van der Waals surface area contributed by atoms with E-state index >= 15 is 0 Å². The van der Waals surface area contributed by atoms with E-state index in [1.807, 2.05) is 0 Å². The number of hydrogen-bond donors (Lipinski definition) is 1. The molecule has 4 heteroatoms. The molecule has 2 saturated heterocycles. The van der Waals surface area contributed by atoms with Gasteiger partial charge in [0, 0.05) is 19.1 Å². The Hall–Kier alpha value is -0.610. The lowest BCUT2D eigenvalue weighted by molar-refractivity contribution is -0.146. The van der Waals surface area contributed by atoms with Gasteiger partial charge in [0.25, 0.3) is 0 Å². The topological polar surface area (TPSA) is 41.6 Å². The zero-order chi connectivity index (χ0) is 10.7. The third kappa shape index (κ3) is 2.49. The van der Waals surface area contributed by atoms with E-state index in [1.54, 1.807) is 0 Å². The number of carbonyl (C=O) groups is 1. The van der Waals surface area contributed by atoms with Gasteiger partial charge in [0.05, 0.1) is 13.0 Å². The highest BCUT2D eigenvalue weighted by atomic mass is 16.5. The highest BCUT2D eigenvalue weighted by Crippen LogP contribution is 2.20. The van der Waals surface area contributed by atoms with Gasteiger partial charge in [-0.2, -0.15) is 0 Å². The molecule has 0 aromatic carbocycles. The molecule has 0 amide bonds. The lowest BCUT2D eigenvalue weighted by atomic mass is 9.95. The van der Waals surface area contributed by atoms with Gasteiger partial charge in [0.1, 0.15) is 0 Å². The maximum atomic E-state index is 11.4. The van der Waals surface area contributed by atoms with Crippen molar-refractivity contribution in [3.63, 3.8) is 0 Å². The number of hydrogen-bond acceptors (Lipinski definition) is 4. The molecule has 0 aliphatic carbocycles. The average Bonchev–Trinajstić information content (AvgIpc) is 2.82. The number of ether oxygens (including phenoxy) is 1. The summed E-state index contributed by atoms with van der Waals surface area (Å²) in [6.07, 6.45) is 3.57. The summed E-state index contributed by atoms with van der Waals surface area (Å²) < 4.78 is 4.80. The molecule has 0 saturated carbocycles. The van der Waals surface area contributed by atoms with Crippen molar-refractivity contribution in [1.82, 2.24) is 10.2 Å². The fourth-order valence-electron chi connectivity index (χ4n) is 2.65. The first-order chi connectivity index (χ1) is 7.31. The van der Waals surface area contributed by atoms with Crippen LogP contribution in [0, 0.1) is 5.92 Å². The van der Waals surface area contributed by atoms with Gasteiger partial charge in [-0.25, -0.2) is 0 Å². The van der Waals surface area contributed by atoms with E-state index in [9.17, 15) is 4.79 Å². The lowest BCUT2D eigenvalue weighted by Gasteiger charge is -2.34. The molecule has 2 aliphatic heterocycles. The third-order valence-electron chi connectivity index (χ3n) is 3.52. The molecule has 1 N–H and O–H groups in total. The van der Waals surface area contributed by atoms with Crippen LogP contribution in [0.15, 0.2) is 0 Å². The van der Waals surface area contributed by atoms with E-state index in [-0.39, 0.29) is 11.9 Å². The summed E-state index contributed by atoms with van der Waals surface area (Å²) in [6, 6.07) is 0.533. The van der Waals surface area contributed by atoms with E-state index in [2.05, 4.69) is 10.2 Å². The van der Waals surface area contributed by atoms with E-state index in [0.29, 0.717) is 6.04 Å². The molecule has 0 aromatic heterocycles. The van der Waals surface area contributed by atoms with Crippen LogP contribution in [-0.4, -0.2) is 50.2 Å². The lowest BCUT2D eigenvalue weighted by Crippen LogP contribution is -2.50. The molecule has 0 aromatic rings. The molecule has 2 atom stereocenters. The zero-order valence-electron chi connectivity index (χ0n) is 9.37. The van der Waals surface area contributed by atoms with Gasteiger partial charge in [-0.3, -0.25) is 9.69 Å². The Balaban J connectivity index is 1.88. The molecule has 86 valence electrons. The van der Waals surface area contributed by atoms with Gasteiger partial charge in [0.15, 0.2) is 0 Å². The van der Waals surface area contributed by atoms with E-state index in [4.69, 9.17) is 4.74 Å². The number of esters is 1. The highest BCUT2D eigenvalue weighted by Gasteiger charge is 2.31. The number of piperidine rings is 1. The molecule has 0 spiro atoms. The van der Waals surface area contributed by atoms with Crippen LogP contribution >= 0.6 is 0 Å². The molecule has 4 nitrogen and oxygen atoms in total. The minimum Gasteiger partial charge on any atom is -0.469 e. The molecular weight excluding hydrogens is 192 g/mol. The summed E-state index contributed by atoms with van der Waals surface area (Å²) in [5.74, 6) is -0.0132. The minimum atomic E-state index is -0.0635. The molecule has 2 aliphatic rings. The summed E-state index contributed by atoms with van der Waals surface area (Å²) in [7, 11) is 1.47. The van der Waals surface area contributed by atoms with Gasteiger partial charge in [-0.05, 0) is 32.4 Å². The van der Waals surface area contributed by atoms with Crippen LogP contribution < -0.4 is 5.32 Å². The van der Waals surface area contributed by atoms with Gasteiger partial charge >= 0.3 is 5.97 Å². The summed E-state index contributed by atoms with van der Waals surface area (Å²) in [5, 5.41) is 3.33. The first-order valence-corrected chi connectivity index (χ1v) is 5.84. The summed E-state index contributed by atoms with van der Waals surface area (Å²) >= 11 is 0. The van der Waals surface area contributed by atoms with Crippen molar-refractivity contribution in [1.29, 1.82) is 0 Å². The van der Waals surface area contributed by atoms with Crippen molar-refractivity contribution in [2.24, 2.45) is 5.92 Å². The monoisotopic (exact) mass is 212 g/mol. The van der Waals surface area contributed by atoms with Crippen LogP contribution in [0.25, 0.3) is 0 Å². The second-order valence-electron chi connectivity index (χ2n) is 4.51. The quantitative estimate of drug-likeness (QED) is 0.665. The van der Waals surface area contributed by atoms with Crippen LogP contribution in [-0.2, 0) is 9.53 Å². The zero-order valence-corrected chi connectivity index (χ0v) is 9.37. The molecule has 2 heterocycles. The van der Waals surface area contributed by atoms with Crippen molar-refractivity contribution >= 4 is 5.97 Å². The summed E-state index contributed by atoms with van der Waals surface area (Å²) in [4.78, 5) is 13.9. The van der Waals surface area contributed by atoms with Crippen LogP contribution in [0.2, 0.25) is 0 Å². The van der Waals surface area contributed by atoms with Gasteiger partial charge in [-0.15, -0.1) is 0 Å². The summed E-state index contributed by atoms with van der Waals surface area (Å²) in [6.45, 7) is 4.19.